The quantitative estimate of drug-likeness (QED) is 0.635. The molecule has 2 aromatic carbocycles. The van der Waals surface area contributed by atoms with Crippen molar-refractivity contribution in [2.75, 3.05) is 36.9 Å². The Bertz CT molecular complexity index is 971. The van der Waals surface area contributed by atoms with Crippen LogP contribution in [0.2, 0.25) is 0 Å². The molecule has 4 rings (SSSR count). The number of hydrogen-bond donors (Lipinski definition) is 3. The van der Waals surface area contributed by atoms with Gasteiger partial charge in [-0.1, -0.05) is 30.3 Å². The summed E-state index contributed by atoms with van der Waals surface area (Å²) in [7, 11) is 2.21. The molecule has 164 valence electrons. The predicted octanol–water partition coefficient (Wildman–Crippen LogP) is 2.92. The summed E-state index contributed by atoms with van der Waals surface area (Å²) in [6.45, 7) is 4.81. The van der Waals surface area contributed by atoms with Crippen LogP contribution in [0.1, 0.15) is 25.3 Å². The second kappa shape index (κ2) is 9.18. The molecule has 0 radical (unpaired) electrons. The molecular weight excluding hydrogens is 398 g/mol. The van der Waals surface area contributed by atoms with Crippen molar-refractivity contribution in [3.05, 3.63) is 54.1 Å². The number of para-hydroxylation sites is 3. The lowest BCUT2D eigenvalue weighted by Crippen LogP contribution is -2.43. The Balaban J connectivity index is 0.000000401. The van der Waals surface area contributed by atoms with Gasteiger partial charge in [-0.25, -0.2) is 9.59 Å². The van der Waals surface area contributed by atoms with Gasteiger partial charge < -0.3 is 25.3 Å². The number of hydrogen-bond acceptors (Lipinski definition) is 5. The second-order valence-electron chi connectivity index (χ2n) is 8.00. The summed E-state index contributed by atoms with van der Waals surface area (Å²) in [5.41, 5.74) is 4.92. The van der Waals surface area contributed by atoms with E-state index in [1.165, 1.54) is 24.1 Å². The average molecular weight is 425 g/mol. The van der Waals surface area contributed by atoms with Gasteiger partial charge in [0.1, 0.15) is 0 Å². The fourth-order valence-electron chi connectivity index (χ4n) is 4.32. The summed E-state index contributed by atoms with van der Waals surface area (Å²) in [6, 6.07) is 16.9. The first-order chi connectivity index (χ1) is 14.7. The number of amides is 1. The third-order valence-corrected chi connectivity index (χ3v) is 5.86. The van der Waals surface area contributed by atoms with Gasteiger partial charge in [-0.3, -0.25) is 4.79 Å². The number of piperidine rings is 1. The molecule has 3 N–H and O–H groups in total. The number of nitrogens with zero attached hydrogens (tertiary/aromatic N) is 2. The van der Waals surface area contributed by atoms with Gasteiger partial charge in [0, 0.05) is 24.6 Å². The van der Waals surface area contributed by atoms with E-state index in [0.29, 0.717) is 0 Å². The Labute approximate surface area is 181 Å². The molecule has 8 nitrogen and oxygen atoms in total. The van der Waals surface area contributed by atoms with Crippen LogP contribution < -0.4 is 10.2 Å². The number of carbonyl (C=O) groups excluding carboxylic acids is 1. The summed E-state index contributed by atoms with van der Waals surface area (Å²) in [5, 5.41) is 17.8. The lowest BCUT2D eigenvalue weighted by Gasteiger charge is -2.38. The highest BCUT2D eigenvalue weighted by molar-refractivity contribution is 6.27. The Hall–Kier alpha value is -3.39. The van der Waals surface area contributed by atoms with Crippen LogP contribution in [0, 0.1) is 0 Å². The first-order valence-electron chi connectivity index (χ1n) is 10.1. The number of fused-ring (bicyclic) bond motifs is 2. The smallest absolute Gasteiger partial charge is 0.414 e. The van der Waals surface area contributed by atoms with Gasteiger partial charge in [-0.2, -0.15) is 0 Å². The van der Waals surface area contributed by atoms with E-state index in [1.54, 1.807) is 6.92 Å². The lowest BCUT2D eigenvalue weighted by molar-refractivity contribution is -0.159. The average Bonchev–Trinajstić information content (AvgIpc) is 3.05. The maximum Gasteiger partial charge on any atom is 0.414 e. The zero-order valence-electron chi connectivity index (χ0n) is 17.7. The first-order valence-corrected chi connectivity index (χ1v) is 10.1. The molecule has 0 saturated carbocycles. The summed E-state index contributed by atoms with van der Waals surface area (Å²) in [5.74, 6) is -3.68. The molecule has 0 atom stereocenters. The minimum Gasteiger partial charge on any atom is -0.473 e. The number of benzene rings is 2. The number of likely N-dealkylation sites (tertiary alicyclic amines) is 1. The molecule has 1 amide bonds. The normalized spacial score (nSPS) is 16.8. The molecule has 2 aliphatic rings. The van der Waals surface area contributed by atoms with Crippen molar-refractivity contribution in [3.63, 3.8) is 0 Å². The van der Waals surface area contributed by atoms with Crippen molar-refractivity contribution >= 4 is 34.9 Å². The Morgan fingerprint density at radius 3 is 2.03 bits per heavy atom. The van der Waals surface area contributed by atoms with Crippen LogP contribution in [0.4, 0.5) is 17.1 Å². The highest BCUT2D eigenvalue weighted by Gasteiger charge is 2.44. The van der Waals surface area contributed by atoms with Crippen molar-refractivity contribution in [2.45, 2.75) is 25.2 Å². The zero-order chi connectivity index (χ0) is 22.6. The summed E-state index contributed by atoms with van der Waals surface area (Å²) < 4.78 is 0. The SMILES string of the molecule is CC(=O)Nc1ccccc1N1CC2(CCN(C)CC2)c2ccccc21.O=C(O)C(=O)O. The molecule has 0 aromatic heterocycles. The molecular formula is C23H27N3O5. The summed E-state index contributed by atoms with van der Waals surface area (Å²) in [6.07, 6.45) is 2.36. The van der Waals surface area contributed by atoms with Crippen LogP contribution >= 0.6 is 0 Å². The van der Waals surface area contributed by atoms with E-state index in [9.17, 15) is 4.79 Å². The number of aliphatic carboxylic acids is 2. The van der Waals surface area contributed by atoms with Gasteiger partial charge in [0.05, 0.1) is 11.4 Å². The topological polar surface area (TPSA) is 110 Å². The molecule has 8 heteroatoms. The maximum atomic E-state index is 11.6. The number of carboxylic acid groups (broad SMARTS) is 2. The fraction of sp³-hybridized carbons (Fsp3) is 0.348. The Morgan fingerprint density at radius 2 is 1.45 bits per heavy atom. The van der Waals surface area contributed by atoms with Crippen LogP contribution in [-0.4, -0.2) is 59.6 Å². The van der Waals surface area contributed by atoms with Crippen molar-refractivity contribution < 1.29 is 24.6 Å². The highest BCUT2D eigenvalue weighted by atomic mass is 16.4. The molecule has 0 bridgehead atoms. The monoisotopic (exact) mass is 425 g/mol. The maximum absolute atomic E-state index is 11.6. The van der Waals surface area contributed by atoms with E-state index in [4.69, 9.17) is 19.8 Å². The van der Waals surface area contributed by atoms with E-state index >= 15 is 0 Å². The lowest BCUT2D eigenvalue weighted by atomic mass is 9.74. The highest BCUT2D eigenvalue weighted by Crippen LogP contribution is 2.50. The Kier molecular flexibility index (Phi) is 6.60. The van der Waals surface area contributed by atoms with Gasteiger partial charge >= 0.3 is 11.9 Å². The van der Waals surface area contributed by atoms with E-state index in [0.717, 1.165) is 31.0 Å². The third-order valence-electron chi connectivity index (χ3n) is 5.86. The molecule has 2 heterocycles. The van der Waals surface area contributed by atoms with Gasteiger partial charge in [0.25, 0.3) is 0 Å². The fourth-order valence-corrected chi connectivity index (χ4v) is 4.32. The summed E-state index contributed by atoms with van der Waals surface area (Å²) >= 11 is 0. The van der Waals surface area contributed by atoms with Crippen LogP contribution in [0.25, 0.3) is 0 Å². The number of carboxylic acids is 2. The molecule has 0 aliphatic carbocycles. The molecule has 1 spiro atoms. The molecule has 2 aromatic rings. The van der Waals surface area contributed by atoms with Crippen molar-refractivity contribution in [1.29, 1.82) is 0 Å². The van der Waals surface area contributed by atoms with Crippen molar-refractivity contribution in [2.24, 2.45) is 0 Å². The predicted molar refractivity (Wildman–Crippen MR) is 118 cm³/mol. The van der Waals surface area contributed by atoms with Crippen molar-refractivity contribution in [3.8, 4) is 0 Å². The van der Waals surface area contributed by atoms with Gasteiger partial charge in [-0.05, 0) is 56.7 Å². The van der Waals surface area contributed by atoms with Crippen LogP contribution in [-0.2, 0) is 19.8 Å². The molecule has 0 unspecified atom stereocenters. The zero-order valence-corrected chi connectivity index (χ0v) is 17.7. The van der Waals surface area contributed by atoms with E-state index < -0.39 is 11.9 Å². The van der Waals surface area contributed by atoms with Crippen LogP contribution in [0.3, 0.4) is 0 Å². The number of anilines is 3. The largest absolute Gasteiger partial charge is 0.473 e. The third kappa shape index (κ3) is 4.86. The number of nitrogens with one attached hydrogen (secondary N) is 1. The van der Waals surface area contributed by atoms with Crippen LogP contribution in [0.5, 0.6) is 0 Å². The summed E-state index contributed by atoms with van der Waals surface area (Å²) in [4.78, 5) is 34.6. The standard InChI is InChI=1S/C21H25N3O.C2H2O4/c1-16(25)22-18-8-4-6-10-20(18)24-15-21(11-13-23(2)14-12-21)17-7-3-5-9-19(17)24;3-1(4)2(5)6/h3-10H,11-15H2,1-2H3,(H,22,25);(H,3,4)(H,5,6). The van der Waals surface area contributed by atoms with Gasteiger partial charge in [0.15, 0.2) is 0 Å². The first kappa shape index (κ1) is 22.3. The molecule has 31 heavy (non-hydrogen) atoms. The van der Waals surface area contributed by atoms with E-state index in [-0.39, 0.29) is 11.3 Å². The number of carbonyl (C=O) groups is 3. The van der Waals surface area contributed by atoms with Crippen LogP contribution in [0.15, 0.2) is 48.5 Å². The Morgan fingerprint density at radius 1 is 0.903 bits per heavy atom. The second-order valence-corrected chi connectivity index (χ2v) is 8.00. The van der Waals surface area contributed by atoms with Crippen molar-refractivity contribution in [1.82, 2.24) is 4.90 Å². The minimum absolute atomic E-state index is 0.0334. The van der Waals surface area contributed by atoms with Gasteiger partial charge in [0.2, 0.25) is 5.91 Å². The molecule has 2 aliphatic heterocycles. The van der Waals surface area contributed by atoms with E-state index in [2.05, 4.69) is 52.5 Å². The number of rotatable bonds is 2. The van der Waals surface area contributed by atoms with Gasteiger partial charge in [-0.15, -0.1) is 0 Å². The minimum atomic E-state index is -1.82. The van der Waals surface area contributed by atoms with E-state index in [1.807, 2.05) is 18.2 Å². The molecule has 1 saturated heterocycles. The molecule has 1 fully saturated rings.